The van der Waals surface area contributed by atoms with E-state index in [0.29, 0.717) is 26.4 Å². The first kappa shape index (κ1) is 16.5. The molecule has 1 aromatic carbocycles. The molecular weight excluding hydrogens is 282 g/mol. The number of ether oxygens (including phenoxy) is 2. The van der Waals surface area contributed by atoms with Crippen molar-refractivity contribution >= 4 is 16.9 Å². The van der Waals surface area contributed by atoms with Crippen LogP contribution in [0.4, 0.5) is 0 Å². The highest BCUT2D eigenvalue weighted by molar-refractivity contribution is 5.83. The number of fused-ring (bicyclic) bond motifs is 1. The zero-order valence-corrected chi connectivity index (χ0v) is 13.1. The molecule has 0 aliphatic heterocycles. The monoisotopic (exact) mass is 305 g/mol. The van der Waals surface area contributed by atoms with Crippen molar-refractivity contribution < 1.29 is 14.3 Å². The molecule has 120 valence electrons. The Bertz CT molecular complexity index is 597. The van der Waals surface area contributed by atoms with E-state index in [1.807, 2.05) is 35.8 Å². The average molecular weight is 305 g/mol. The molecule has 1 aromatic heterocycles. The third kappa shape index (κ3) is 4.29. The van der Waals surface area contributed by atoms with Crippen LogP contribution >= 0.6 is 0 Å². The summed E-state index contributed by atoms with van der Waals surface area (Å²) in [6.07, 6.45) is 2.50. The molecule has 1 amide bonds. The molecule has 0 aliphatic rings. The summed E-state index contributed by atoms with van der Waals surface area (Å²) in [5.41, 5.74) is 1.86. The summed E-state index contributed by atoms with van der Waals surface area (Å²) in [4.78, 5) is 16.5. The molecule has 6 heteroatoms. The van der Waals surface area contributed by atoms with Gasteiger partial charge in [0.1, 0.15) is 6.04 Å². The van der Waals surface area contributed by atoms with Gasteiger partial charge in [0.15, 0.2) is 0 Å². The fourth-order valence-corrected chi connectivity index (χ4v) is 2.19. The molecule has 2 rings (SSSR count). The largest absolute Gasteiger partial charge is 0.382 e. The lowest BCUT2D eigenvalue weighted by Gasteiger charge is -2.14. The Morgan fingerprint density at radius 2 is 2.14 bits per heavy atom. The van der Waals surface area contributed by atoms with Gasteiger partial charge in [0.05, 0.1) is 30.6 Å². The predicted molar refractivity (Wildman–Crippen MR) is 84.8 cm³/mol. The minimum Gasteiger partial charge on any atom is -0.382 e. The van der Waals surface area contributed by atoms with Crippen LogP contribution in [0, 0.1) is 0 Å². The second-order valence-electron chi connectivity index (χ2n) is 5.07. The normalized spacial score (nSPS) is 12.5. The van der Waals surface area contributed by atoms with Crippen molar-refractivity contribution in [2.24, 2.45) is 0 Å². The lowest BCUT2D eigenvalue weighted by atomic mass is 10.2. The fraction of sp³-hybridized carbons (Fsp3) is 0.500. The number of amides is 1. The highest BCUT2D eigenvalue weighted by atomic mass is 16.5. The van der Waals surface area contributed by atoms with Gasteiger partial charge in [-0.25, -0.2) is 4.98 Å². The average Bonchev–Trinajstić information content (AvgIpc) is 2.97. The molecule has 22 heavy (non-hydrogen) atoms. The molecule has 1 heterocycles. The van der Waals surface area contributed by atoms with E-state index in [2.05, 4.69) is 10.3 Å². The van der Waals surface area contributed by atoms with Gasteiger partial charge in [-0.05, 0) is 25.5 Å². The molecule has 0 saturated heterocycles. The fourth-order valence-electron chi connectivity index (χ4n) is 2.19. The SMILES string of the molecule is COCCOCCCNC(=O)[C@@H](C)n1cnc2ccccc21. The van der Waals surface area contributed by atoms with Crippen LogP contribution in [0.25, 0.3) is 11.0 Å². The molecule has 0 fully saturated rings. The number of nitrogens with one attached hydrogen (secondary N) is 1. The van der Waals surface area contributed by atoms with E-state index in [1.165, 1.54) is 0 Å². The van der Waals surface area contributed by atoms with Crippen molar-refractivity contribution in [3.8, 4) is 0 Å². The Morgan fingerprint density at radius 1 is 1.32 bits per heavy atom. The van der Waals surface area contributed by atoms with Crippen LogP contribution in [0.5, 0.6) is 0 Å². The standard InChI is InChI=1S/C16H23N3O3/c1-13(16(20)17-8-5-9-22-11-10-21-2)19-12-18-14-6-3-4-7-15(14)19/h3-4,6-7,12-13H,5,8-11H2,1-2H3,(H,17,20)/t13-/m1/s1. The van der Waals surface area contributed by atoms with E-state index in [4.69, 9.17) is 9.47 Å². The number of para-hydroxylation sites is 2. The topological polar surface area (TPSA) is 65.4 Å². The lowest BCUT2D eigenvalue weighted by Crippen LogP contribution is -2.32. The quantitative estimate of drug-likeness (QED) is 0.717. The van der Waals surface area contributed by atoms with Gasteiger partial charge in [-0.15, -0.1) is 0 Å². The van der Waals surface area contributed by atoms with Crippen molar-refractivity contribution in [1.82, 2.24) is 14.9 Å². The maximum atomic E-state index is 12.2. The van der Waals surface area contributed by atoms with Crippen molar-refractivity contribution in [1.29, 1.82) is 0 Å². The van der Waals surface area contributed by atoms with Crippen LogP contribution in [0.2, 0.25) is 0 Å². The molecule has 0 bridgehead atoms. The Labute approximate surface area is 130 Å². The molecule has 0 radical (unpaired) electrons. The Morgan fingerprint density at radius 3 is 2.95 bits per heavy atom. The third-order valence-electron chi connectivity index (χ3n) is 3.47. The van der Waals surface area contributed by atoms with Gasteiger partial charge >= 0.3 is 0 Å². The van der Waals surface area contributed by atoms with Crippen LogP contribution in [-0.4, -0.2) is 48.9 Å². The third-order valence-corrected chi connectivity index (χ3v) is 3.47. The molecule has 1 N–H and O–H groups in total. The van der Waals surface area contributed by atoms with Crippen molar-refractivity contribution in [2.75, 3.05) is 33.5 Å². The molecule has 0 unspecified atom stereocenters. The number of nitrogens with zero attached hydrogens (tertiary/aromatic N) is 2. The maximum absolute atomic E-state index is 12.2. The maximum Gasteiger partial charge on any atom is 0.242 e. The van der Waals surface area contributed by atoms with Crippen LogP contribution < -0.4 is 5.32 Å². The minimum atomic E-state index is -0.290. The van der Waals surface area contributed by atoms with Gasteiger partial charge in [-0.3, -0.25) is 4.79 Å². The van der Waals surface area contributed by atoms with Gasteiger partial charge in [-0.1, -0.05) is 12.1 Å². The van der Waals surface area contributed by atoms with Gasteiger partial charge in [-0.2, -0.15) is 0 Å². The zero-order valence-electron chi connectivity index (χ0n) is 13.1. The second-order valence-corrected chi connectivity index (χ2v) is 5.07. The highest BCUT2D eigenvalue weighted by Gasteiger charge is 2.16. The number of imidazole rings is 1. The molecule has 1 atom stereocenters. The first-order valence-corrected chi connectivity index (χ1v) is 7.50. The van der Waals surface area contributed by atoms with E-state index < -0.39 is 0 Å². The van der Waals surface area contributed by atoms with Crippen molar-refractivity contribution in [3.05, 3.63) is 30.6 Å². The molecule has 0 saturated carbocycles. The van der Waals surface area contributed by atoms with Gasteiger partial charge < -0.3 is 19.4 Å². The number of hydrogen-bond donors (Lipinski definition) is 1. The molecule has 6 nitrogen and oxygen atoms in total. The van der Waals surface area contributed by atoms with Crippen LogP contribution in [-0.2, 0) is 14.3 Å². The number of carbonyl (C=O) groups is 1. The summed E-state index contributed by atoms with van der Waals surface area (Å²) < 4.78 is 12.1. The highest BCUT2D eigenvalue weighted by Crippen LogP contribution is 2.17. The molecule has 0 spiro atoms. The molecular formula is C16H23N3O3. The second kappa shape index (κ2) is 8.51. The summed E-state index contributed by atoms with van der Waals surface area (Å²) in [5, 5.41) is 2.93. The number of hydrogen-bond acceptors (Lipinski definition) is 4. The minimum absolute atomic E-state index is 0.0138. The number of carbonyl (C=O) groups excluding carboxylic acids is 1. The van der Waals surface area contributed by atoms with Crippen molar-refractivity contribution in [2.45, 2.75) is 19.4 Å². The number of methoxy groups -OCH3 is 1. The zero-order chi connectivity index (χ0) is 15.8. The van der Waals surface area contributed by atoms with Crippen molar-refractivity contribution in [3.63, 3.8) is 0 Å². The van der Waals surface area contributed by atoms with E-state index in [9.17, 15) is 4.79 Å². The number of rotatable bonds is 9. The summed E-state index contributed by atoms with van der Waals surface area (Å²) in [7, 11) is 1.64. The van der Waals surface area contributed by atoms with E-state index in [1.54, 1.807) is 13.4 Å². The summed E-state index contributed by atoms with van der Waals surface area (Å²) in [5.74, 6) is -0.0138. The van der Waals surface area contributed by atoms with Crippen LogP contribution in [0.3, 0.4) is 0 Å². The smallest absolute Gasteiger partial charge is 0.242 e. The molecule has 2 aromatic rings. The predicted octanol–water partition coefficient (Wildman–Crippen LogP) is 1.77. The Kier molecular flexibility index (Phi) is 6.36. The molecule has 0 aliphatic carbocycles. The van der Waals surface area contributed by atoms with E-state index >= 15 is 0 Å². The van der Waals surface area contributed by atoms with Gasteiger partial charge in [0.25, 0.3) is 0 Å². The summed E-state index contributed by atoms with van der Waals surface area (Å²) in [6, 6.07) is 7.50. The number of benzene rings is 1. The summed E-state index contributed by atoms with van der Waals surface area (Å²) in [6.45, 7) is 4.27. The number of aromatic nitrogens is 2. The van der Waals surface area contributed by atoms with Crippen LogP contribution in [0.1, 0.15) is 19.4 Å². The Balaban J connectivity index is 1.78. The lowest BCUT2D eigenvalue weighted by molar-refractivity contribution is -0.123. The first-order chi connectivity index (χ1) is 10.7. The summed E-state index contributed by atoms with van der Waals surface area (Å²) >= 11 is 0. The first-order valence-electron chi connectivity index (χ1n) is 7.50. The van der Waals surface area contributed by atoms with Gasteiger partial charge in [0, 0.05) is 20.3 Å². The van der Waals surface area contributed by atoms with Crippen LogP contribution in [0.15, 0.2) is 30.6 Å². The Hall–Kier alpha value is -1.92. The van der Waals surface area contributed by atoms with E-state index in [-0.39, 0.29) is 11.9 Å². The van der Waals surface area contributed by atoms with Gasteiger partial charge in [0.2, 0.25) is 5.91 Å². The van der Waals surface area contributed by atoms with E-state index in [0.717, 1.165) is 17.5 Å².